The van der Waals surface area contributed by atoms with Gasteiger partial charge >= 0.3 is 5.97 Å². The lowest BCUT2D eigenvalue weighted by Gasteiger charge is -2.54. The number of rotatable bonds is 2. The summed E-state index contributed by atoms with van der Waals surface area (Å²) in [5, 5.41) is 4.27. The Morgan fingerprint density at radius 3 is 1.95 bits per heavy atom. The van der Waals surface area contributed by atoms with E-state index >= 15 is 0 Å². The van der Waals surface area contributed by atoms with Gasteiger partial charge in [-0.15, -0.1) is 0 Å². The van der Waals surface area contributed by atoms with E-state index in [-0.39, 0.29) is 11.4 Å². The molecule has 3 heteroatoms. The van der Waals surface area contributed by atoms with Crippen LogP contribution in [-0.2, 0) is 9.63 Å². The molecule has 5 aliphatic rings. The van der Waals surface area contributed by atoms with E-state index in [2.05, 4.69) is 5.16 Å². The van der Waals surface area contributed by atoms with Gasteiger partial charge in [-0.05, 0) is 82.0 Å². The Kier molecular flexibility index (Phi) is 3.55. The van der Waals surface area contributed by atoms with E-state index < -0.39 is 0 Å². The Hall–Kier alpha value is -0.860. The Balaban J connectivity index is 1.44. The van der Waals surface area contributed by atoms with E-state index in [4.69, 9.17) is 4.84 Å². The number of hydrogen-bond donors (Lipinski definition) is 0. The first-order chi connectivity index (χ1) is 10.2. The molecular weight excluding hydrogens is 262 g/mol. The maximum atomic E-state index is 12.7. The molecule has 0 aromatic heterocycles. The average Bonchev–Trinajstić information content (AvgIpc) is 2.72. The van der Waals surface area contributed by atoms with Crippen molar-refractivity contribution in [3.63, 3.8) is 0 Å². The van der Waals surface area contributed by atoms with Crippen molar-refractivity contribution in [1.82, 2.24) is 0 Å². The molecule has 5 saturated carbocycles. The number of hydrogen-bond acceptors (Lipinski definition) is 3. The minimum Gasteiger partial charge on any atom is -0.318 e. The molecule has 0 atom stereocenters. The van der Waals surface area contributed by atoms with Gasteiger partial charge in [0.05, 0.1) is 11.1 Å². The van der Waals surface area contributed by atoms with Crippen LogP contribution in [-0.4, -0.2) is 11.7 Å². The fraction of sp³-hybridized carbons (Fsp3) is 0.889. The largest absolute Gasteiger partial charge is 0.341 e. The van der Waals surface area contributed by atoms with Crippen LogP contribution in [0.3, 0.4) is 0 Å². The molecule has 0 aliphatic heterocycles. The van der Waals surface area contributed by atoms with Crippen LogP contribution in [0.5, 0.6) is 0 Å². The van der Waals surface area contributed by atoms with E-state index in [1.165, 1.54) is 44.9 Å². The molecule has 116 valence electrons. The third-order valence-electron chi connectivity index (χ3n) is 6.41. The first-order valence-electron chi connectivity index (χ1n) is 9.01. The molecule has 0 saturated heterocycles. The molecule has 21 heavy (non-hydrogen) atoms. The SMILES string of the molecule is O=C(ON=C1CCCCCC1)C12CC3CC(CC(C3)C1)C2. The van der Waals surface area contributed by atoms with Crippen LogP contribution < -0.4 is 0 Å². The normalized spacial score (nSPS) is 41.7. The summed E-state index contributed by atoms with van der Waals surface area (Å²) in [6.07, 6.45) is 14.3. The van der Waals surface area contributed by atoms with Crippen molar-refractivity contribution >= 4 is 11.7 Å². The quantitative estimate of drug-likeness (QED) is 0.428. The lowest BCUT2D eigenvalue weighted by Crippen LogP contribution is -2.50. The van der Waals surface area contributed by atoms with E-state index in [1.54, 1.807) is 0 Å². The molecule has 0 N–H and O–H groups in total. The van der Waals surface area contributed by atoms with E-state index in [9.17, 15) is 4.79 Å². The summed E-state index contributed by atoms with van der Waals surface area (Å²) in [6.45, 7) is 0. The van der Waals surface area contributed by atoms with Crippen molar-refractivity contribution in [3.05, 3.63) is 0 Å². The van der Waals surface area contributed by atoms with Crippen molar-refractivity contribution in [2.45, 2.75) is 77.0 Å². The molecule has 3 nitrogen and oxygen atoms in total. The van der Waals surface area contributed by atoms with E-state index in [0.29, 0.717) is 0 Å². The van der Waals surface area contributed by atoms with Crippen LogP contribution in [0.2, 0.25) is 0 Å². The zero-order valence-electron chi connectivity index (χ0n) is 13.0. The van der Waals surface area contributed by atoms with Crippen molar-refractivity contribution in [3.8, 4) is 0 Å². The molecule has 5 fully saturated rings. The minimum atomic E-state index is -0.163. The monoisotopic (exact) mass is 289 g/mol. The topological polar surface area (TPSA) is 38.7 Å². The van der Waals surface area contributed by atoms with Gasteiger partial charge in [-0.1, -0.05) is 18.0 Å². The Morgan fingerprint density at radius 1 is 0.905 bits per heavy atom. The maximum Gasteiger partial charge on any atom is 0.341 e. The third-order valence-corrected chi connectivity index (χ3v) is 6.41. The van der Waals surface area contributed by atoms with Crippen LogP contribution in [0.15, 0.2) is 5.16 Å². The summed E-state index contributed by atoms with van der Waals surface area (Å²) < 4.78 is 0. The zero-order valence-corrected chi connectivity index (χ0v) is 13.0. The highest BCUT2D eigenvalue weighted by Crippen LogP contribution is 2.60. The van der Waals surface area contributed by atoms with Crippen molar-refractivity contribution < 1.29 is 9.63 Å². The molecule has 0 unspecified atom stereocenters. The van der Waals surface area contributed by atoms with Gasteiger partial charge in [-0.2, -0.15) is 0 Å². The average molecular weight is 289 g/mol. The van der Waals surface area contributed by atoms with Crippen LogP contribution in [0.4, 0.5) is 0 Å². The van der Waals surface area contributed by atoms with Gasteiger partial charge in [-0.3, -0.25) is 0 Å². The van der Waals surface area contributed by atoms with E-state index in [1.807, 2.05) is 0 Å². The fourth-order valence-corrected chi connectivity index (χ4v) is 5.79. The fourth-order valence-electron chi connectivity index (χ4n) is 5.79. The van der Waals surface area contributed by atoms with Crippen molar-refractivity contribution in [2.24, 2.45) is 28.3 Å². The Labute approximate surface area is 127 Å². The van der Waals surface area contributed by atoms with Crippen LogP contribution in [0.25, 0.3) is 0 Å². The Bertz CT molecular complexity index is 409. The standard InChI is InChI=1S/C18H27NO2/c20-17(21-19-16-5-3-1-2-4-6-16)18-10-13-7-14(11-18)9-15(8-13)12-18/h13-15H,1-12H2. The lowest BCUT2D eigenvalue weighted by molar-refractivity contribution is -0.171. The van der Waals surface area contributed by atoms with Gasteiger partial charge in [-0.25, -0.2) is 4.79 Å². The highest BCUT2D eigenvalue weighted by molar-refractivity contribution is 5.85. The highest BCUT2D eigenvalue weighted by Gasteiger charge is 2.55. The minimum absolute atomic E-state index is 0.00153. The number of oxime groups is 1. The van der Waals surface area contributed by atoms with Gasteiger partial charge in [0.1, 0.15) is 0 Å². The highest BCUT2D eigenvalue weighted by atomic mass is 16.7. The number of carbonyl (C=O) groups is 1. The van der Waals surface area contributed by atoms with Gasteiger partial charge in [0, 0.05) is 0 Å². The summed E-state index contributed by atoms with van der Waals surface area (Å²) in [6, 6.07) is 0. The molecule has 4 bridgehead atoms. The molecule has 5 aliphatic carbocycles. The summed E-state index contributed by atoms with van der Waals surface area (Å²) in [5.41, 5.74) is 0.953. The molecule has 0 amide bonds. The zero-order chi connectivity index (χ0) is 14.3. The first kappa shape index (κ1) is 13.8. The predicted molar refractivity (Wildman–Crippen MR) is 81.8 cm³/mol. The molecule has 0 heterocycles. The van der Waals surface area contributed by atoms with Crippen LogP contribution >= 0.6 is 0 Å². The van der Waals surface area contributed by atoms with Gasteiger partial charge in [0.25, 0.3) is 0 Å². The summed E-state index contributed by atoms with van der Waals surface area (Å²) in [7, 11) is 0. The van der Waals surface area contributed by atoms with Crippen molar-refractivity contribution in [2.75, 3.05) is 0 Å². The molecule has 0 aromatic rings. The van der Waals surface area contributed by atoms with Gasteiger partial charge in [0.2, 0.25) is 0 Å². The Morgan fingerprint density at radius 2 is 1.43 bits per heavy atom. The second-order valence-corrected chi connectivity index (χ2v) is 8.15. The second kappa shape index (κ2) is 5.40. The number of nitrogens with zero attached hydrogens (tertiary/aromatic N) is 1. The smallest absolute Gasteiger partial charge is 0.318 e. The van der Waals surface area contributed by atoms with Gasteiger partial charge < -0.3 is 4.84 Å². The summed E-state index contributed by atoms with van der Waals surface area (Å²) >= 11 is 0. The predicted octanol–water partition coefficient (Wildman–Crippen LogP) is 4.46. The summed E-state index contributed by atoms with van der Waals surface area (Å²) in [4.78, 5) is 18.2. The van der Waals surface area contributed by atoms with Crippen molar-refractivity contribution in [1.29, 1.82) is 0 Å². The van der Waals surface area contributed by atoms with Crippen LogP contribution in [0.1, 0.15) is 77.0 Å². The molecule has 0 radical (unpaired) electrons. The summed E-state index contributed by atoms with van der Waals surface area (Å²) in [5.74, 6) is 2.36. The number of carbonyl (C=O) groups excluding carboxylic acids is 1. The molecular formula is C18H27NO2. The van der Waals surface area contributed by atoms with E-state index in [0.717, 1.165) is 55.6 Å². The second-order valence-electron chi connectivity index (χ2n) is 8.15. The third kappa shape index (κ3) is 2.64. The lowest BCUT2D eigenvalue weighted by atomic mass is 9.49. The molecule has 0 spiro atoms. The van der Waals surface area contributed by atoms with Crippen LogP contribution in [0, 0.1) is 23.2 Å². The van der Waals surface area contributed by atoms with Gasteiger partial charge in [0.15, 0.2) is 0 Å². The molecule has 5 rings (SSSR count). The first-order valence-corrected chi connectivity index (χ1v) is 9.01. The molecule has 0 aromatic carbocycles. The maximum absolute atomic E-state index is 12.7.